The molecule has 3 atom stereocenters. The van der Waals surface area contributed by atoms with E-state index in [4.69, 9.17) is 4.74 Å². The fourth-order valence-electron chi connectivity index (χ4n) is 2.82. The van der Waals surface area contributed by atoms with E-state index in [0.29, 0.717) is 17.9 Å². The van der Waals surface area contributed by atoms with E-state index >= 15 is 0 Å². The van der Waals surface area contributed by atoms with Gasteiger partial charge in [0.05, 0.1) is 6.61 Å². The molecule has 2 heteroatoms. The molecule has 3 unspecified atom stereocenters. The lowest BCUT2D eigenvalue weighted by atomic mass is 9.95. The zero-order valence-electron chi connectivity index (χ0n) is 11.3. The number of hydrogen-bond acceptors (Lipinski definition) is 2. The summed E-state index contributed by atoms with van der Waals surface area (Å²) < 4.78 is 5.72. The van der Waals surface area contributed by atoms with Crippen molar-refractivity contribution in [2.75, 3.05) is 13.7 Å². The largest absolute Gasteiger partial charge is 0.494 e. The minimum atomic E-state index is 0.463. The molecule has 0 amide bonds. The van der Waals surface area contributed by atoms with Crippen LogP contribution in [-0.2, 0) is 0 Å². The van der Waals surface area contributed by atoms with Crippen LogP contribution in [0.25, 0.3) is 0 Å². The standard InChI is InChI=1S/C15H23NO/c1-5-8-17-12-6-7-13-10(2)11(3)15(16-4)14(13)9-12/h6-7,9-11,15-16H,5,8H2,1-4H3. The van der Waals surface area contributed by atoms with E-state index in [1.54, 1.807) is 0 Å². The Kier molecular flexibility index (Phi) is 3.72. The topological polar surface area (TPSA) is 21.3 Å². The Morgan fingerprint density at radius 3 is 2.65 bits per heavy atom. The zero-order valence-corrected chi connectivity index (χ0v) is 11.3. The lowest BCUT2D eigenvalue weighted by Crippen LogP contribution is -2.20. The highest BCUT2D eigenvalue weighted by Crippen LogP contribution is 2.45. The van der Waals surface area contributed by atoms with Crippen LogP contribution in [0.5, 0.6) is 5.75 Å². The molecule has 0 radical (unpaired) electrons. The molecule has 0 aromatic heterocycles. The van der Waals surface area contributed by atoms with Gasteiger partial charge in [-0.3, -0.25) is 0 Å². The van der Waals surface area contributed by atoms with E-state index in [-0.39, 0.29) is 0 Å². The molecule has 0 bridgehead atoms. The molecule has 2 rings (SSSR count). The van der Waals surface area contributed by atoms with Crippen molar-refractivity contribution in [2.24, 2.45) is 5.92 Å². The van der Waals surface area contributed by atoms with Crippen LogP contribution in [-0.4, -0.2) is 13.7 Å². The van der Waals surface area contributed by atoms with Crippen molar-refractivity contribution in [3.63, 3.8) is 0 Å². The Morgan fingerprint density at radius 1 is 1.24 bits per heavy atom. The summed E-state index contributed by atoms with van der Waals surface area (Å²) >= 11 is 0. The van der Waals surface area contributed by atoms with Crippen LogP contribution in [0.2, 0.25) is 0 Å². The average molecular weight is 233 g/mol. The first-order valence-corrected chi connectivity index (χ1v) is 6.63. The van der Waals surface area contributed by atoms with Crippen molar-refractivity contribution >= 4 is 0 Å². The van der Waals surface area contributed by atoms with Crippen LogP contribution in [0.4, 0.5) is 0 Å². The molecular formula is C15H23NO. The van der Waals surface area contributed by atoms with Crippen LogP contribution in [0.15, 0.2) is 18.2 Å². The van der Waals surface area contributed by atoms with Crippen molar-refractivity contribution in [1.82, 2.24) is 5.32 Å². The first-order chi connectivity index (χ1) is 8.19. The third-order valence-corrected chi connectivity index (χ3v) is 3.98. The van der Waals surface area contributed by atoms with Crippen molar-refractivity contribution in [3.8, 4) is 5.75 Å². The van der Waals surface area contributed by atoms with Gasteiger partial charge in [-0.1, -0.05) is 26.8 Å². The quantitative estimate of drug-likeness (QED) is 0.859. The third-order valence-electron chi connectivity index (χ3n) is 3.98. The fraction of sp³-hybridized carbons (Fsp3) is 0.600. The lowest BCUT2D eigenvalue weighted by Gasteiger charge is -2.18. The van der Waals surface area contributed by atoms with Gasteiger partial charge in [-0.25, -0.2) is 0 Å². The van der Waals surface area contributed by atoms with E-state index in [9.17, 15) is 0 Å². The Bertz CT molecular complexity index is 389. The van der Waals surface area contributed by atoms with Crippen molar-refractivity contribution in [3.05, 3.63) is 29.3 Å². The molecule has 1 aliphatic carbocycles. The van der Waals surface area contributed by atoms with Gasteiger partial charge in [-0.2, -0.15) is 0 Å². The maximum absolute atomic E-state index is 5.72. The summed E-state index contributed by atoms with van der Waals surface area (Å²) in [5.41, 5.74) is 2.89. The number of nitrogens with one attached hydrogen (secondary N) is 1. The highest BCUT2D eigenvalue weighted by molar-refractivity contribution is 5.44. The molecule has 1 aromatic carbocycles. The molecule has 0 fully saturated rings. The van der Waals surface area contributed by atoms with E-state index in [1.165, 1.54) is 11.1 Å². The van der Waals surface area contributed by atoms with E-state index in [1.807, 2.05) is 7.05 Å². The first-order valence-electron chi connectivity index (χ1n) is 6.63. The predicted octanol–water partition coefficient (Wildman–Crippen LogP) is 3.49. The normalized spacial score (nSPS) is 26.9. The van der Waals surface area contributed by atoms with Crippen LogP contribution in [0.3, 0.4) is 0 Å². The Labute approximate surface area is 104 Å². The Balaban J connectivity index is 2.29. The predicted molar refractivity (Wildman–Crippen MR) is 71.6 cm³/mol. The van der Waals surface area contributed by atoms with E-state index in [2.05, 4.69) is 44.3 Å². The van der Waals surface area contributed by atoms with Gasteiger partial charge in [0.25, 0.3) is 0 Å². The van der Waals surface area contributed by atoms with Crippen molar-refractivity contribution in [1.29, 1.82) is 0 Å². The lowest BCUT2D eigenvalue weighted by molar-refractivity contribution is 0.316. The first kappa shape index (κ1) is 12.4. The molecule has 1 aromatic rings. The van der Waals surface area contributed by atoms with Crippen LogP contribution >= 0.6 is 0 Å². The third kappa shape index (κ3) is 2.19. The summed E-state index contributed by atoms with van der Waals surface area (Å²) in [5.74, 6) is 2.28. The summed E-state index contributed by atoms with van der Waals surface area (Å²) in [5, 5.41) is 3.43. The summed E-state index contributed by atoms with van der Waals surface area (Å²) in [6.45, 7) is 7.56. The molecule has 17 heavy (non-hydrogen) atoms. The number of benzene rings is 1. The minimum absolute atomic E-state index is 0.463. The second-order valence-electron chi connectivity index (χ2n) is 5.05. The molecule has 0 spiro atoms. The number of rotatable bonds is 4. The highest BCUT2D eigenvalue weighted by atomic mass is 16.5. The summed E-state index contributed by atoms with van der Waals surface area (Å²) in [4.78, 5) is 0. The van der Waals surface area contributed by atoms with E-state index in [0.717, 1.165) is 18.8 Å². The second-order valence-corrected chi connectivity index (χ2v) is 5.05. The number of hydrogen-bond donors (Lipinski definition) is 1. The second kappa shape index (κ2) is 5.09. The van der Waals surface area contributed by atoms with Crippen molar-refractivity contribution < 1.29 is 4.74 Å². The van der Waals surface area contributed by atoms with Gasteiger partial charge in [0.15, 0.2) is 0 Å². The smallest absolute Gasteiger partial charge is 0.119 e. The monoisotopic (exact) mass is 233 g/mol. The molecule has 0 saturated heterocycles. The van der Waals surface area contributed by atoms with Gasteiger partial charge < -0.3 is 10.1 Å². The Morgan fingerprint density at radius 2 is 2.00 bits per heavy atom. The average Bonchev–Trinajstić information content (AvgIpc) is 2.59. The maximum Gasteiger partial charge on any atom is 0.119 e. The molecule has 1 N–H and O–H groups in total. The number of fused-ring (bicyclic) bond motifs is 1. The molecule has 0 heterocycles. The van der Waals surface area contributed by atoms with Gasteiger partial charge in [0.2, 0.25) is 0 Å². The molecule has 0 aliphatic heterocycles. The van der Waals surface area contributed by atoms with Crippen LogP contribution in [0, 0.1) is 5.92 Å². The van der Waals surface area contributed by atoms with Crippen LogP contribution in [0.1, 0.15) is 50.3 Å². The van der Waals surface area contributed by atoms with Gasteiger partial charge >= 0.3 is 0 Å². The molecule has 1 aliphatic rings. The summed E-state index contributed by atoms with van der Waals surface area (Å²) in [6.07, 6.45) is 1.05. The molecule has 0 saturated carbocycles. The SMILES string of the molecule is CCCOc1ccc2c(c1)C(NC)C(C)C2C. The van der Waals surface area contributed by atoms with Gasteiger partial charge in [0.1, 0.15) is 5.75 Å². The van der Waals surface area contributed by atoms with Gasteiger partial charge in [0, 0.05) is 6.04 Å². The van der Waals surface area contributed by atoms with E-state index < -0.39 is 0 Å². The van der Waals surface area contributed by atoms with Crippen LogP contribution < -0.4 is 10.1 Å². The number of ether oxygens (including phenoxy) is 1. The molecular weight excluding hydrogens is 210 g/mol. The minimum Gasteiger partial charge on any atom is -0.494 e. The highest BCUT2D eigenvalue weighted by Gasteiger charge is 2.34. The maximum atomic E-state index is 5.72. The van der Waals surface area contributed by atoms with Crippen molar-refractivity contribution in [2.45, 2.75) is 39.2 Å². The summed E-state index contributed by atoms with van der Waals surface area (Å²) in [7, 11) is 2.04. The molecule has 2 nitrogen and oxygen atoms in total. The fourth-order valence-corrected chi connectivity index (χ4v) is 2.82. The van der Waals surface area contributed by atoms with Gasteiger partial charge in [-0.15, -0.1) is 0 Å². The molecule has 94 valence electrons. The zero-order chi connectivity index (χ0) is 12.4. The van der Waals surface area contributed by atoms with Gasteiger partial charge in [-0.05, 0) is 48.6 Å². The summed E-state index contributed by atoms with van der Waals surface area (Å²) in [6, 6.07) is 7.02. The Hall–Kier alpha value is -1.02.